The molecule has 4 heteroatoms. The van der Waals surface area contributed by atoms with Gasteiger partial charge in [-0.25, -0.2) is 0 Å². The van der Waals surface area contributed by atoms with Crippen LogP contribution in [0.3, 0.4) is 0 Å². The van der Waals surface area contributed by atoms with E-state index in [2.05, 4.69) is 5.32 Å². The lowest BCUT2D eigenvalue weighted by Gasteiger charge is -2.10. The number of anilines is 1. The van der Waals surface area contributed by atoms with E-state index in [1.807, 2.05) is 6.92 Å². The number of phenols is 1. The largest absolute Gasteiger partial charge is 0.508 e. The first-order valence-corrected chi connectivity index (χ1v) is 5.74. The quantitative estimate of drug-likeness (QED) is 0.629. The van der Waals surface area contributed by atoms with Gasteiger partial charge in [-0.1, -0.05) is 0 Å². The molecule has 0 bridgehead atoms. The first-order chi connectivity index (χ1) is 7.54. The lowest BCUT2D eigenvalue weighted by molar-refractivity contribution is -0.116. The first kappa shape index (κ1) is 12.8. The van der Waals surface area contributed by atoms with Crippen molar-refractivity contribution in [1.82, 2.24) is 0 Å². The summed E-state index contributed by atoms with van der Waals surface area (Å²) in [6.07, 6.45) is 1.09. The summed E-state index contributed by atoms with van der Waals surface area (Å²) < 4.78 is 0. The van der Waals surface area contributed by atoms with Crippen LogP contribution in [-0.4, -0.2) is 16.9 Å². The van der Waals surface area contributed by atoms with Gasteiger partial charge >= 0.3 is 0 Å². The smallest absolute Gasteiger partial charge is 0.224 e. The van der Waals surface area contributed by atoms with Crippen LogP contribution < -0.4 is 5.32 Å². The summed E-state index contributed by atoms with van der Waals surface area (Å²) in [5.41, 5.74) is 2.34. The fraction of sp³-hybridized carbons (Fsp3) is 0.417. The van der Waals surface area contributed by atoms with Gasteiger partial charge in [-0.2, -0.15) is 0 Å². The van der Waals surface area contributed by atoms with E-state index in [1.165, 1.54) is 0 Å². The summed E-state index contributed by atoms with van der Waals surface area (Å²) in [7, 11) is 0. The maximum Gasteiger partial charge on any atom is 0.224 e. The number of hydrogen-bond acceptors (Lipinski definition) is 2. The van der Waals surface area contributed by atoms with Gasteiger partial charge in [0.1, 0.15) is 5.75 Å². The lowest BCUT2D eigenvalue weighted by atomic mass is 10.1. The van der Waals surface area contributed by atoms with Crippen molar-refractivity contribution < 1.29 is 9.90 Å². The predicted molar refractivity (Wildman–Crippen MR) is 66.2 cm³/mol. The fourth-order valence-electron chi connectivity index (χ4n) is 1.38. The molecule has 16 heavy (non-hydrogen) atoms. The Bertz CT molecular complexity index is 391. The van der Waals surface area contributed by atoms with Gasteiger partial charge in [0.05, 0.1) is 0 Å². The normalized spacial score (nSPS) is 10.2. The maximum atomic E-state index is 11.5. The molecule has 0 saturated heterocycles. The van der Waals surface area contributed by atoms with Gasteiger partial charge in [-0.3, -0.25) is 4.79 Å². The van der Waals surface area contributed by atoms with E-state index in [-0.39, 0.29) is 11.7 Å². The third-order valence-corrected chi connectivity index (χ3v) is 2.62. The van der Waals surface area contributed by atoms with Crippen molar-refractivity contribution >= 4 is 23.2 Å². The maximum absolute atomic E-state index is 11.5. The Morgan fingerprint density at radius 3 is 2.69 bits per heavy atom. The van der Waals surface area contributed by atoms with E-state index in [0.717, 1.165) is 16.8 Å². The molecule has 0 aliphatic carbocycles. The molecule has 0 spiro atoms. The van der Waals surface area contributed by atoms with Gasteiger partial charge in [0.2, 0.25) is 5.91 Å². The van der Waals surface area contributed by atoms with Gasteiger partial charge in [0.25, 0.3) is 0 Å². The Kier molecular flexibility index (Phi) is 4.62. The molecule has 1 amide bonds. The van der Waals surface area contributed by atoms with Crippen LogP contribution in [-0.2, 0) is 4.79 Å². The zero-order valence-corrected chi connectivity index (χ0v) is 10.3. The van der Waals surface area contributed by atoms with Crippen LogP contribution in [0.1, 0.15) is 24.0 Å². The van der Waals surface area contributed by atoms with Crippen molar-refractivity contribution in [2.24, 2.45) is 0 Å². The number of benzene rings is 1. The Morgan fingerprint density at radius 2 is 2.06 bits per heavy atom. The SMILES string of the molecule is Cc1cc(NC(=O)CCCCl)c(C)cc1O. The van der Waals surface area contributed by atoms with Crippen LogP contribution in [0, 0.1) is 13.8 Å². The minimum Gasteiger partial charge on any atom is -0.508 e. The number of carbonyl (C=O) groups excluding carboxylic acids is 1. The molecule has 0 aromatic heterocycles. The summed E-state index contributed by atoms with van der Waals surface area (Å²) in [4.78, 5) is 11.5. The Labute approximate surface area is 100 Å². The van der Waals surface area contributed by atoms with Crippen molar-refractivity contribution in [2.45, 2.75) is 26.7 Å². The number of hydrogen-bond donors (Lipinski definition) is 2. The standard InChI is InChI=1S/C12H16ClNO2/c1-8-7-11(15)9(2)6-10(8)14-12(16)4-3-5-13/h6-7,15H,3-5H2,1-2H3,(H,14,16). The number of carbonyl (C=O) groups is 1. The van der Waals surface area contributed by atoms with Crippen molar-refractivity contribution in [3.8, 4) is 5.75 Å². The van der Waals surface area contributed by atoms with Crippen molar-refractivity contribution in [2.75, 3.05) is 11.2 Å². The van der Waals surface area contributed by atoms with Crippen LogP contribution in [0.4, 0.5) is 5.69 Å². The number of phenolic OH excluding ortho intramolecular Hbond substituents is 1. The van der Waals surface area contributed by atoms with Gasteiger partial charge in [-0.05, 0) is 43.5 Å². The second kappa shape index (κ2) is 5.75. The minimum atomic E-state index is -0.0474. The molecule has 0 atom stereocenters. The lowest BCUT2D eigenvalue weighted by Crippen LogP contribution is -2.12. The van der Waals surface area contributed by atoms with Gasteiger partial charge in [0.15, 0.2) is 0 Å². The van der Waals surface area contributed by atoms with Crippen molar-refractivity contribution in [1.29, 1.82) is 0 Å². The monoisotopic (exact) mass is 241 g/mol. The van der Waals surface area contributed by atoms with Gasteiger partial charge in [0, 0.05) is 18.0 Å². The molecular weight excluding hydrogens is 226 g/mol. The van der Waals surface area contributed by atoms with Crippen molar-refractivity contribution in [3.05, 3.63) is 23.3 Å². The molecule has 0 aliphatic rings. The highest BCUT2D eigenvalue weighted by Crippen LogP contribution is 2.25. The minimum absolute atomic E-state index is 0.0474. The zero-order valence-electron chi connectivity index (χ0n) is 9.51. The second-order valence-corrected chi connectivity index (χ2v) is 4.17. The Morgan fingerprint density at radius 1 is 1.38 bits per heavy atom. The zero-order chi connectivity index (χ0) is 12.1. The number of rotatable bonds is 4. The number of nitrogens with one attached hydrogen (secondary N) is 1. The van der Waals surface area contributed by atoms with E-state index in [9.17, 15) is 9.90 Å². The van der Waals surface area contributed by atoms with Crippen LogP contribution in [0.2, 0.25) is 0 Å². The number of halogens is 1. The first-order valence-electron chi connectivity index (χ1n) is 5.20. The molecule has 1 aromatic rings. The molecule has 88 valence electrons. The van der Waals surface area contributed by atoms with E-state index in [1.54, 1.807) is 19.1 Å². The Balaban J connectivity index is 2.73. The van der Waals surface area contributed by atoms with E-state index < -0.39 is 0 Å². The van der Waals surface area contributed by atoms with Gasteiger partial charge < -0.3 is 10.4 Å². The molecule has 0 radical (unpaired) electrons. The van der Waals surface area contributed by atoms with Crippen LogP contribution in [0.5, 0.6) is 5.75 Å². The van der Waals surface area contributed by atoms with E-state index >= 15 is 0 Å². The summed E-state index contributed by atoms with van der Waals surface area (Å²) in [5, 5.41) is 12.3. The summed E-state index contributed by atoms with van der Waals surface area (Å²) in [6, 6.07) is 3.41. The fourth-order valence-corrected chi connectivity index (χ4v) is 1.51. The third-order valence-electron chi connectivity index (χ3n) is 2.35. The number of aromatic hydroxyl groups is 1. The molecule has 0 unspecified atom stereocenters. The number of amides is 1. The van der Waals surface area contributed by atoms with Crippen LogP contribution in [0.15, 0.2) is 12.1 Å². The summed E-state index contributed by atoms with van der Waals surface area (Å²) in [5.74, 6) is 0.686. The molecule has 1 rings (SSSR count). The molecular formula is C12H16ClNO2. The van der Waals surface area contributed by atoms with Crippen LogP contribution >= 0.6 is 11.6 Å². The topological polar surface area (TPSA) is 49.3 Å². The van der Waals surface area contributed by atoms with E-state index in [4.69, 9.17) is 11.6 Å². The molecule has 1 aromatic carbocycles. The third kappa shape index (κ3) is 3.42. The Hall–Kier alpha value is -1.22. The average molecular weight is 242 g/mol. The van der Waals surface area contributed by atoms with Crippen LogP contribution in [0.25, 0.3) is 0 Å². The highest BCUT2D eigenvalue weighted by atomic mass is 35.5. The predicted octanol–water partition coefficient (Wildman–Crippen LogP) is 2.97. The summed E-state index contributed by atoms with van der Waals surface area (Å²) in [6.45, 7) is 3.64. The molecule has 0 aliphatic heterocycles. The summed E-state index contributed by atoms with van der Waals surface area (Å²) >= 11 is 5.51. The number of alkyl halides is 1. The van der Waals surface area contributed by atoms with E-state index in [0.29, 0.717) is 18.7 Å². The average Bonchev–Trinajstić information content (AvgIpc) is 2.23. The number of aryl methyl sites for hydroxylation is 2. The molecule has 0 fully saturated rings. The van der Waals surface area contributed by atoms with Crippen molar-refractivity contribution in [3.63, 3.8) is 0 Å². The van der Waals surface area contributed by atoms with Gasteiger partial charge in [-0.15, -0.1) is 11.6 Å². The molecule has 3 nitrogen and oxygen atoms in total. The second-order valence-electron chi connectivity index (χ2n) is 3.79. The molecule has 2 N–H and O–H groups in total. The highest BCUT2D eigenvalue weighted by molar-refractivity contribution is 6.18. The molecule has 0 saturated carbocycles. The molecule has 0 heterocycles. The highest BCUT2D eigenvalue weighted by Gasteiger charge is 2.06.